The molecule has 0 radical (unpaired) electrons. The summed E-state index contributed by atoms with van der Waals surface area (Å²) in [5.41, 5.74) is 12.1. The number of nitrogens with zero attached hydrogens (tertiary/aromatic N) is 4. The molecule has 13 heteroatoms. The van der Waals surface area contributed by atoms with Crippen molar-refractivity contribution in [3.63, 3.8) is 0 Å². The van der Waals surface area contributed by atoms with Crippen LogP contribution in [0.4, 0.5) is 17.6 Å². The second-order valence-corrected chi connectivity index (χ2v) is 23.6. The fourth-order valence-corrected chi connectivity index (χ4v) is 13.4. The van der Waals surface area contributed by atoms with Crippen LogP contribution in [0.5, 0.6) is 0 Å². The van der Waals surface area contributed by atoms with Gasteiger partial charge in [0.05, 0.1) is 17.9 Å². The summed E-state index contributed by atoms with van der Waals surface area (Å²) in [7, 11) is 0. The summed E-state index contributed by atoms with van der Waals surface area (Å²) in [5.74, 6) is -3.56. The fourth-order valence-electron chi connectivity index (χ4n) is 13.4. The summed E-state index contributed by atoms with van der Waals surface area (Å²) in [6.07, 6.45) is 5.23. The van der Waals surface area contributed by atoms with Gasteiger partial charge >= 0.3 is 0 Å². The highest BCUT2D eigenvalue weighted by molar-refractivity contribution is 5.82. The number of hydrogen-bond acceptors (Lipinski definition) is 6. The zero-order chi connectivity index (χ0) is 50.8. The van der Waals surface area contributed by atoms with E-state index in [0.717, 1.165) is 50.7 Å². The maximum Gasteiger partial charge on any atom is 0.227 e. The highest BCUT2D eigenvalue weighted by Gasteiger charge is 2.51. The number of nitrogens with two attached hydrogens (primary N) is 1. The lowest BCUT2D eigenvalue weighted by molar-refractivity contribution is -0.138. The smallest absolute Gasteiger partial charge is 0.227 e. The van der Waals surface area contributed by atoms with Crippen LogP contribution in [-0.2, 0) is 25.2 Å². The van der Waals surface area contributed by atoms with Crippen LogP contribution in [0.1, 0.15) is 144 Å². The van der Waals surface area contributed by atoms with Crippen molar-refractivity contribution in [1.29, 1.82) is 0 Å². The Labute approximate surface area is 417 Å². The number of hydrogen-bond donors (Lipinski definition) is 2. The van der Waals surface area contributed by atoms with E-state index in [2.05, 4.69) is 93.1 Å². The minimum atomic E-state index is -0.606. The summed E-state index contributed by atoms with van der Waals surface area (Å²) < 4.78 is 56.9. The van der Waals surface area contributed by atoms with Gasteiger partial charge in [-0.25, -0.2) is 17.6 Å². The number of nitrogens with one attached hydrogen (secondary N) is 1. The van der Waals surface area contributed by atoms with Gasteiger partial charge in [0.2, 0.25) is 17.7 Å². The standard InChI is InChI=1S/C30H37F2N3O2.C28H35F2N3O/c1-19(36)33-27-16-30(25-8-6-5-7-22(25)27)11-13-34(14-12-30)28(37)24-18-35(29(2,3)4)17-23(24)21-10-9-20(31)15-26(21)32;1-27(2,3)33-16-21(19-9-8-18(29)14-24(19)30)22(17-33)26(34)32-12-10-28(11-13-32)15-25(31)20-6-4-5-7-23(20)28/h5-10,15,23-24,27H,11-14,16-18H2,1-4H3,(H,33,36);4-9,14,21-22,25H,10-13,15-17,31H2,1-3H3/t23-,24+,27?;21-,22+,25?/m00/s1. The van der Waals surface area contributed by atoms with Crippen LogP contribution in [0.25, 0.3) is 0 Å². The van der Waals surface area contributed by atoms with E-state index in [4.69, 9.17) is 5.73 Å². The number of piperidine rings is 2. The molecule has 0 aromatic heterocycles. The van der Waals surface area contributed by atoms with E-state index in [9.17, 15) is 31.9 Å². The molecule has 4 heterocycles. The number of halogens is 4. The highest BCUT2D eigenvalue weighted by atomic mass is 19.1. The van der Waals surface area contributed by atoms with E-state index in [1.807, 2.05) is 21.9 Å². The predicted octanol–water partition coefficient (Wildman–Crippen LogP) is 9.66. The second kappa shape index (κ2) is 19.4. The number of benzene rings is 4. The molecule has 4 aromatic carbocycles. The third-order valence-electron chi connectivity index (χ3n) is 17.4. The lowest BCUT2D eigenvalue weighted by Crippen LogP contribution is -2.48. The van der Waals surface area contributed by atoms with Gasteiger partial charge in [0.25, 0.3) is 0 Å². The molecular formula is C58H72F4N6O3. The van der Waals surface area contributed by atoms with E-state index < -0.39 is 23.3 Å². The van der Waals surface area contributed by atoms with Gasteiger partial charge < -0.3 is 20.9 Å². The van der Waals surface area contributed by atoms with Crippen molar-refractivity contribution in [2.24, 2.45) is 17.6 Å². The summed E-state index contributed by atoms with van der Waals surface area (Å²) >= 11 is 0. The van der Waals surface area contributed by atoms with Crippen LogP contribution < -0.4 is 11.1 Å². The Morgan fingerprint density at radius 2 is 0.972 bits per heavy atom. The van der Waals surface area contributed by atoms with Crippen LogP contribution in [0.3, 0.4) is 0 Å². The van der Waals surface area contributed by atoms with Gasteiger partial charge in [0.15, 0.2) is 0 Å². The molecule has 2 spiro atoms. The lowest BCUT2D eigenvalue weighted by Gasteiger charge is -2.41. The zero-order valence-electron chi connectivity index (χ0n) is 42.5. The maximum atomic E-state index is 14.9. The normalized spacial score (nSPS) is 26.0. The monoisotopic (exact) mass is 977 g/mol. The van der Waals surface area contributed by atoms with Gasteiger partial charge in [0, 0.05) is 111 Å². The van der Waals surface area contributed by atoms with Crippen molar-refractivity contribution in [3.05, 3.63) is 142 Å². The van der Waals surface area contributed by atoms with E-state index in [1.54, 1.807) is 6.92 Å². The molecule has 9 nitrogen and oxygen atoms in total. The molecule has 4 fully saturated rings. The molecule has 4 aromatic rings. The highest BCUT2D eigenvalue weighted by Crippen LogP contribution is 2.52. The van der Waals surface area contributed by atoms with Gasteiger partial charge in [-0.3, -0.25) is 24.2 Å². The van der Waals surface area contributed by atoms with E-state index in [0.29, 0.717) is 63.5 Å². The topological polar surface area (TPSA) is 102 Å². The van der Waals surface area contributed by atoms with Crippen LogP contribution in [0.2, 0.25) is 0 Å². The summed E-state index contributed by atoms with van der Waals surface area (Å²) in [6, 6.07) is 24.3. The molecule has 4 saturated heterocycles. The Morgan fingerprint density at radius 1 is 0.563 bits per heavy atom. The number of fused-ring (bicyclic) bond motifs is 4. The van der Waals surface area contributed by atoms with Gasteiger partial charge in [0.1, 0.15) is 23.3 Å². The largest absolute Gasteiger partial charge is 0.349 e. The summed E-state index contributed by atoms with van der Waals surface area (Å²) in [4.78, 5) is 48.0. The number of likely N-dealkylation sites (tertiary alicyclic amines) is 4. The Morgan fingerprint density at radius 3 is 1.39 bits per heavy atom. The van der Waals surface area contributed by atoms with Crippen molar-refractivity contribution in [1.82, 2.24) is 24.9 Å². The molecule has 0 saturated carbocycles. The number of amides is 3. The minimum absolute atomic E-state index is 0.00282. The third kappa shape index (κ3) is 9.91. The number of carbonyl (C=O) groups is 3. The average molecular weight is 977 g/mol. The van der Waals surface area contributed by atoms with Crippen molar-refractivity contribution in [2.75, 3.05) is 52.4 Å². The van der Waals surface area contributed by atoms with E-state index >= 15 is 0 Å². The summed E-state index contributed by atoms with van der Waals surface area (Å²) in [6.45, 7) is 19.1. The Balaban J connectivity index is 0.000000176. The first-order valence-electron chi connectivity index (χ1n) is 25.8. The minimum Gasteiger partial charge on any atom is -0.349 e. The third-order valence-corrected chi connectivity index (χ3v) is 17.4. The zero-order valence-corrected chi connectivity index (χ0v) is 42.5. The molecule has 2 aliphatic carbocycles. The SMILES string of the molecule is CC(=O)NC1CC2(CCN(C(=O)[C@@H]3CN(C(C)(C)C)C[C@H]3c3ccc(F)cc3F)CC2)c2ccccc21.CC(C)(C)N1C[C@@H](C(=O)N2CCC3(CC2)CC(N)c2ccccc23)[C@H](c2ccc(F)cc2F)C1. The Bertz CT molecular complexity index is 2650. The molecule has 0 bridgehead atoms. The first kappa shape index (κ1) is 50.8. The average Bonchev–Trinajstić information content (AvgIpc) is 4.10. The quantitative estimate of drug-likeness (QED) is 0.193. The molecule has 2 unspecified atom stereocenters. The molecule has 3 amide bonds. The first-order chi connectivity index (χ1) is 33.6. The van der Waals surface area contributed by atoms with Gasteiger partial charge in [-0.1, -0.05) is 60.7 Å². The van der Waals surface area contributed by atoms with Crippen LogP contribution >= 0.6 is 0 Å². The van der Waals surface area contributed by atoms with Crippen LogP contribution in [0, 0.1) is 35.1 Å². The fraction of sp³-hybridized carbons (Fsp3) is 0.534. The Hall–Kier alpha value is -5.11. The molecule has 10 rings (SSSR count). The van der Waals surface area contributed by atoms with Gasteiger partial charge in [-0.2, -0.15) is 0 Å². The molecule has 4 aliphatic heterocycles. The van der Waals surface area contributed by atoms with Crippen LogP contribution in [-0.4, -0.2) is 101 Å². The summed E-state index contributed by atoms with van der Waals surface area (Å²) in [5, 5.41) is 3.11. The predicted molar refractivity (Wildman–Crippen MR) is 268 cm³/mol. The molecule has 6 atom stereocenters. The maximum absolute atomic E-state index is 14.9. The van der Waals surface area contributed by atoms with E-state index in [-0.39, 0.29) is 75.4 Å². The van der Waals surface area contributed by atoms with Crippen molar-refractivity contribution in [3.8, 4) is 0 Å². The number of rotatable bonds is 5. The van der Waals surface area contributed by atoms with Crippen LogP contribution in [0.15, 0.2) is 84.9 Å². The first-order valence-corrected chi connectivity index (χ1v) is 25.8. The van der Waals surface area contributed by atoms with Crippen molar-refractivity contribution >= 4 is 17.7 Å². The lowest BCUT2D eigenvalue weighted by atomic mass is 9.73. The molecular weight excluding hydrogens is 905 g/mol. The molecule has 71 heavy (non-hydrogen) atoms. The molecule has 380 valence electrons. The molecule has 6 aliphatic rings. The van der Waals surface area contributed by atoms with Gasteiger partial charge in [-0.05, 0) is 126 Å². The second-order valence-electron chi connectivity index (χ2n) is 23.6. The van der Waals surface area contributed by atoms with Gasteiger partial charge in [-0.15, -0.1) is 0 Å². The van der Waals surface area contributed by atoms with Crippen molar-refractivity contribution in [2.45, 2.75) is 133 Å². The molecule has 3 N–H and O–H groups in total. The van der Waals surface area contributed by atoms with E-state index in [1.165, 1.54) is 46.5 Å². The number of carbonyl (C=O) groups excluding carboxylic acids is 3. The Kier molecular flexibility index (Phi) is 13.9. The van der Waals surface area contributed by atoms with Crippen molar-refractivity contribution < 1.29 is 31.9 Å².